The quantitative estimate of drug-likeness (QED) is 0.618. The van der Waals surface area contributed by atoms with Gasteiger partial charge in [0.25, 0.3) is 11.8 Å². The molecule has 0 bridgehead atoms. The third-order valence-corrected chi connectivity index (χ3v) is 5.75. The summed E-state index contributed by atoms with van der Waals surface area (Å²) in [4.78, 5) is 29.0. The van der Waals surface area contributed by atoms with Crippen LogP contribution < -0.4 is 0 Å². The number of nitrogens with zero attached hydrogens (tertiary/aromatic N) is 2. The van der Waals surface area contributed by atoms with E-state index in [1.165, 1.54) is 5.56 Å². The van der Waals surface area contributed by atoms with Gasteiger partial charge in [0.15, 0.2) is 0 Å². The number of halogens is 2. The molecule has 26 heavy (non-hydrogen) atoms. The second-order valence-corrected chi connectivity index (χ2v) is 7.86. The summed E-state index contributed by atoms with van der Waals surface area (Å²) in [5.74, 6) is 0.0197. The number of benzene rings is 2. The van der Waals surface area contributed by atoms with Gasteiger partial charge in [-0.2, -0.15) is 0 Å². The lowest BCUT2D eigenvalue weighted by atomic mass is 10.1. The van der Waals surface area contributed by atoms with Gasteiger partial charge in [-0.1, -0.05) is 30.7 Å². The van der Waals surface area contributed by atoms with Crippen LogP contribution in [0.4, 0.5) is 0 Å². The Balaban J connectivity index is 1.63. The van der Waals surface area contributed by atoms with Crippen molar-refractivity contribution in [3.05, 3.63) is 67.7 Å². The molecule has 0 spiro atoms. The maximum Gasteiger partial charge on any atom is 0.255 e. The maximum atomic E-state index is 12.7. The SMILES string of the molecule is CCc1ccc(C(=O)N2CCN(C(=O)c3ccc(Cl)cc3I)CC2)cc1. The summed E-state index contributed by atoms with van der Waals surface area (Å²) >= 11 is 8.09. The van der Waals surface area contributed by atoms with Crippen LogP contribution in [0.3, 0.4) is 0 Å². The van der Waals surface area contributed by atoms with Crippen LogP contribution in [0.1, 0.15) is 33.2 Å². The Morgan fingerprint density at radius 3 is 2.08 bits per heavy atom. The number of hydrogen-bond acceptors (Lipinski definition) is 2. The Morgan fingerprint density at radius 2 is 1.54 bits per heavy atom. The van der Waals surface area contributed by atoms with Crippen molar-refractivity contribution in [2.45, 2.75) is 13.3 Å². The zero-order valence-electron chi connectivity index (χ0n) is 14.5. The molecule has 1 fully saturated rings. The molecule has 4 nitrogen and oxygen atoms in total. The number of amides is 2. The molecule has 2 aromatic rings. The molecule has 0 N–H and O–H groups in total. The van der Waals surface area contributed by atoms with E-state index in [0.29, 0.717) is 42.3 Å². The number of piperazine rings is 1. The van der Waals surface area contributed by atoms with Gasteiger partial charge < -0.3 is 9.80 Å². The van der Waals surface area contributed by atoms with Crippen LogP contribution in [0.5, 0.6) is 0 Å². The lowest BCUT2D eigenvalue weighted by molar-refractivity contribution is 0.0535. The second kappa shape index (κ2) is 8.39. The van der Waals surface area contributed by atoms with Crippen molar-refractivity contribution in [3.63, 3.8) is 0 Å². The Morgan fingerprint density at radius 1 is 0.962 bits per heavy atom. The van der Waals surface area contributed by atoms with Gasteiger partial charge in [0.2, 0.25) is 0 Å². The van der Waals surface area contributed by atoms with E-state index in [-0.39, 0.29) is 11.8 Å². The number of carbonyl (C=O) groups is 2. The largest absolute Gasteiger partial charge is 0.335 e. The molecule has 2 amide bonds. The summed E-state index contributed by atoms with van der Waals surface area (Å²) in [5.41, 5.74) is 2.58. The molecule has 1 saturated heterocycles. The van der Waals surface area contributed by atoms with Gasteiger partial charge in [-0.05, 0) is 64.9 Å². The normalized spacial score (nSPS) is 14.4. The van der Waals surface area contributed by atoms with E-state index in [0.717, 1.165) is 9.99 Å². The first-order valence-corrected chi connectivity index (χ1v) is 10.1. The zero-order valence-corrected chi connectivity index (χ0v) is 17.5. The van der Waals surface area contributed by atoms with Gasteiger partial charge in [-0.25, -0.2) is 0 Å². The molecule has 0 aliphatic carbocycles. The van der Waals surface area contributed by atoms with Crippen LogP contribution in [-0.2, 0) is 6.42 Å². The van der Waals surface area contributed by atoms with Crippen LogP contribution >= 0.6 is 34.2 Å². The highest BCUT2D eigenvalue weighted by molar-refractivity contribution is 14.1. The number of rotatable bonds is 3. The second-order valence-electron chi connectivity index (χ2n) is 6.26. The number of carbonyl (C=O) groups excluding carboxylic acids is 2. The monoisotopic (exact) mass is 482 g/mol. The van der Waals surface area contributed by atoms with Crippen molar-refractivity contribution in [3.8, 4) is 0 Å². The van der Waals surface area contributed by atoms with Gasteiger partial charge in [0.1, 0.15) is 0 Å². The first-order chi connectivity index (χ1) is 12.5. The molecule has 6 heteroatoms. The van der Waals surface area contributed by atoms with Crippen LogP contribution in [0.15, 0.2) is 42.5 Å². The number of hydrogen-bond donors (Lipinski definition) is 0. The molecule has 3 rings (SSSR count). The van der Waals surface area contributed by atoms with Crippen LogP contribution in [-0.4, -0.2) is 47.8 Å². The van der Waals surface area contributed by atoms with Crippen LogP contribution in [0, 0.1) is 3.57 Å². The molecule has 0 radical (unpaired) electrons. The van der Waals surface area contributed by atoms with Crippen molar-refractivity contribution >= 4 is 46.0 Å². The zero-order chi connectivity index (χ0) is 18.7. The molecule has 0 atom stereocenters. The lowest BCUT2D eigenvalue weighted by Gasteiger charge is -2.35. The highest BCUT2D eigenvalue weighted by Gasteiger charge is 2.26. The standard InChI is InChI=1S/C20H20ClIN2O2/c1-2-14-3-5-15(6-4-14)19(25)23-9-11-24(12-10-23)20(26)17-8-7-16(21)13-18(17)22/h3-8,13H,2,9-12H2,1H3. The van der Waals surface area contributed by atoms with Gasteiger partial charge in [-0.3, -0.25) is 9.59 Å². The molecule has 1 aliphatic rings. The predicted molar refractivity (Wildman–Crippen MR) is 112 cm³/mol. The van der Waals surface area contributed by atoms with Crippen LogP contribution in [0.25, 0.3) is 0 Å². The van der Waals surface area contributed by atoms with E-state index >= 15 is 0 Å². The first-order valence-electron chi connectivity index (χ1n) is 8.62. The van der Waals surface area contributed by atoms with E-state index in [4.69, 9.17) is 11.6 Å². The molecule has 136 valence electrons. The average Bonchev–Trinajstić information content (AvgIpc) is 2.67. The van der Waals surface area contributed by atoms with E-state index in [2.05, 4.69) is 29.5 Å². The van der Waals surface area contributed by atoms with Crippen molar-refractivity contribution in [1.82, 2.24) is 9.80 Å². The summed E-state index contributed by atoms with van der Waals surface area (Å²) in [6.45, 7) is 4.26. The van der Waals surface area contributed by atoms with Crippen molar-refractivity contribution in [1.29, 1.82) is 0 Å². The first kappa shape index (κ1) is 19.2. The van der Waals surface area contributed by atoms with Crippen molar-refractivity contribution < 1.29 is 9.59 Å². The summed E-state index contributed by atoms with van der Waals surface area (Å²) in [5, 5.41) is 0.621. The van der Waals surface area contributed by atoms with Gasteiger partial charge in [-0.15, -0.1) is 0 Å². The highest BCUT2D eigenvalue weighted by Crippen LogP contribution is 2.20. The van der Waals surface area contributed by atoms with Gasteiger partial charge >= 0.3 is 0 Å². The van der Waals surface area contributed by atoms with E-state index in [1.807, 2.05) is 29.2 Å². The molecular weight excluding hydrogens is 463 g/mol. The minimum Gasteiger partial charge on any atom is -0.335 e. The third kappa shape index (κ3) is 4.20. The molecule has 1 aliphatic heterocycles. The summed E-state index contributed by atoms with van der Waals surface area (Å²) in [6, 6.07) is 13.0. The van der Waals surface area contributed by atoms with Crippen molar-refractivity contribution in [2.24, 2.45) is 0 Å². The summed E-state index contributed by atoms with van der Waals surface area (Å²) < 4.78 is 0.842. The fourth-order valence-corrected chi connectivity index (χ4v) is 4.11. The fourth-order valence-electron chi connectivity index (χ4n) is 3.01. The van der Waals surface area contributed by atoms with Gasteiger partial charge in [0.05, 0.1) is 5.56 Å². The maximum absolute atomic E-state index is 12.7. The molecule has 0 aromatic heterocycles. The van der Waals surface area contributed by atoms with Crippen molar-refractivity contribution in [2.75, 3.05) is 26.2 Å². The minimum atomic E-state index is -0.00883. The van der Waals surface area contributed by atoms with E-state index in [9.17, 15) is 9.59 Å². The Kier molecular flexibility index (Phi) is 6.19. The molecule has 0 saturated carbocycles. The van der Waals surface area contributed by atoms with Gasteiger partial charge in [0, 0.05) is 40.3 Å². The topological polar surface area (TPSA) is 40.6 Å². The molecule has 2 aromatic carbocycles. The van der Waals surface area contributed by atoms with Crippen LogP contribution in [0.2, 0.25) is 5.02 Å². The number of aryl methyl sites for hydroxylation is 1. The fraction of sp³-hybridized carbons (Fsp3) is 0.300. The lowest BCUT2D eigenvalue weighted by Crippen LogP contribution is -2.50. The molecular formula is C20H20ClIN2O2. The molecule has 1 heterocycles. The Bertz CT molecular complexity index is 815. The Hall–Kier alpha value is -1.60. The summed E-state index contributed by atoms with van der Waals surface area (Å²) in [6.07, 6.45) is 0.957. The third-order valence-electron chi connectivity index (χ3n) is 4.62. The highest BCUT2D eigenvalue weighted by atomic mass is 127. The summed E-state index contributed by atoms with van der Waals surface area (Å²) in [7, 11) is 0. The van der Waals surface area contributed by atoms with E-state index in [1.54, 1.807) is 23.1 Å². The predicted octanol–water partition coefficient (Wildman–Crippen LogP) is 4.11. The Labute approximate surface area is 172 Å². The average molecular weight is 483 g/mol. The van der Waals surface area contributed by atoms with E-state index < -0.39 is 0 Å². The minimum absolute atomic E-state index is 0.00883. The smallest absolute Gasteiger partial charge is 0.255 e. The molecule has 0 unspecified atom stereocenters.